The summed E-state index contributed by atoms with van der Waals surface area (Å²) >= 11 is 0. The van der Waals surface area contributed by atoms with Crippen molar-refractivity contribution in [2.45, 2.75) is 31.6 Å². The monoisotopic (exact) mass is 275 g/mol. The lowest BCUT2D eigenvalue weighted by Crippen LogP contribution is -2.33. The third-order valence-corrected chi connectivity index (χ3v) is 3.93. The molecule has 1 aliphatic carbocycles. The van der Waals surface area contributed by atoms with Crippen LogP contribution in [0.2, 0.25) is 0 Å². The summed E-state index contributed by atoms with van der Waals surface area (Å²) in [5.41, 5.74) is 2.53. The Bertz CT molecular complexity index is 475. The maximum Gasteiger partial charge on any atom is 0.172 e. The van der Waals surface area contributed by atoms with Gasteiger partial charge in [0.25, 0.3) is 0 Å². The summed E-state index contributed by atoms with van der Waals surface area (Å²) in [6, 6.07) is 8.14. The highest BCUT2D eigenvalue weighted by Gasteiger charge is 2.37. The summed E-state index contributed by atoms with van der Waals surface area (Å²) in [7, 11) is 1.68. The van der Waals surface area contributed by atoms with E-state index in [1.807, 2.05) is 12.1 Å². The minimum atomic E-state index is -0.328. The van der Waals surface area contributed by atoms with Gasteiger partial charge in [0.05, 0.1) is 20.3 Å². The summed E-state index contributed by atoms with van der Waals surface area (Å²) in [5.74, 6) is 0.564. The average molecular weight is 275 g/mol. The Balaban J connectivity index is 1.52. The first-order valence-corrected chi connectivity index (χ1v) is 7.13. The summed E-state index contributed by atoms with van der Waals surface area (Å²) < 4.78 is 16.6. The van der Waals surface area contributed by atoms with E-state index in [0.29, 0.717) is 0 Å². The smallest absolute Gasteiger partial charge is 0.172 e. The quantitative estimate of drug-likeness (QED) is 0.917. The van der Waals surface area contributed by atoms with Gasteiger partial charge < -0.3 is 19.5 Å². The van der Waals surface area contributed by atoms with E-state index in [1.54, 1.807) is 7.11 Å². The average Bonchev–Trinajstić information content (AvgIpc) is 2.96. The lowest BCUT2D eigenvalue weighted by atomic mass is 9.98. The Morgan fingerprint density at radius 2 is 1.95 bits per heavy atom. The van der Waals surface area contributed by atoms with Crippen molar-refractivity contribution in [1.82, 2.24) is 5.32 Å². The molecule has 1 aromatic carbocycles. The number of hydrogen-bond donors (Lipinski definition) is 1. The molecule has 1 fully saturated rings. The van der Waals surface area contributed by atoms with Gasteiger partial charge >= 0.3 is 0 Å². The number of ether oxygens (including phenoxy) is 3. The minimum Gasteiger partial charge on any atom is -0.497 e. The number of nitrogens with one attached hydrogen (secondary N) is 1. The zero-order chi connectivity index (χ0) is 13.8. The van der Waals surface area contributed by atoms with Crippen LogP contribution < -0.4 is 10.1 Å². The first-order chi connectivity index (χ1) is 9.80. The maximum atomic E-state index is 5.71. The Morgan fingerprint density at radius 3 is 2.55 bits per heavy atom. The molecule has 20 heavy (non-hydrogen) atoms. The van der Waals surface area contributed by atoms with E-state index in [-0.39, 0.29) is 5.79 Å². The topological polar surface area (TPSA) is 39.7 Å². The van der Waals surface area contributed by atoms with Crippen LogP contribution in [0.1, 0.15) is 24.8 Å². The van der Waals surface area contributed by atoms with Crippen LogP contribution in [0.15, 0.2) is 36.0 Å². The molecule has 4 heteroatoms. The standard InChI is InChI=1S/C16H21NO3/c1-18-15-4-2-13(3-5-15)12-17-14-6-8-16(9-7-14)19-10-11-20-16/h2-6,17H,7-12H2,1H3. The molecule has 1 aromatic rings. The predicted molar refractivity (Wildman–Crippen MR) is 76.4 cm³/mol. The zero-order valence-electron chi connectivity index (χ0n) is 11.9. The molecule has 4 nitrogen and oxygen atoms in total. The van der Waals surface area contributed by atoms with Crippen molar-refractivity contribution >= 4 is 0 Å². The molecule has 0 radical (unpaired) electrons. The second-order valence-corrected chi connectivity index (χ2v) is 5.24. The van der Waals surface area contributed by atoms with Crippen LogP contribution in [-0.2, 0) is 16.0 Å². The van der Waals surface area contributed by atoms with Crippen molar-refractivity contribution < 1.29 is 14.2 Å². The zero-order valence-corrected chi connectivity index (χ0v) is 11.9. The molecule has 0 saturated carbocycles. The van der Waals surface area contributed by atoms with Crippen molar-refractivity contribution in [3.8, 4) is 5.75 Å². The van der Waals surface area contributed by atoms with Crippen molar-refractivity contribution in [1.29, 1.82) is 0 Å². The molecular formula is C16H21NO3. The van der Waals surface area contributed by atoms with Crippen molar-refractivity contribution in [3.63, 3.8) is 0 Å². The normalized spacial score (nSPS) is 20.8. The first-order valence-electron chi connectivity index (χ1n) is 7.13. The lowest BCUT2D eigenvalue weighted by Gasteiger charge is -2.30. The summed E-state index contributed by atoms with van der Waals surface area (Å²) in [5, 5.41) is 3.49. The Labute approximate surface area is 119 Å². The van der Waals surface area contributed by atoms with Crippen LogP contribution in [0.3, 0.4) is 0 Å². The number of hydrogen-bond acceptors (Lipinski definition) is 4. The molecule has 1 N–H and O–H groups in total. The van der Waals surface area contributed by atoms with Gasteiger partial charge in [0.15, 0.2) is 5.79 Å². The molecule has 2 aliphatic rings. The van der Waals surface area contributed by atoms with Crippen LogP contribution in [-0.4, -0.2) is 26.1 Å². The van der Waals surface area contributed by atoms with Crippen molar-refractivity contribution in [2.24, 2.45) is 0 Å². The molecule has 3 rings (SSSR count). The highest BCUT2D eigenvalue weighted by atomic mass is 16.7. The molecule has 1 aliphatic heterocycles. The van der Waals surface area contributed by atoms with E-state index < -0.39 is 0 Å². The predicted octanol–water partition coefficient (Wildman–Crippen LogP) is 2.60. The summed E-state index contributed by atoms with van der Waals surface area (Å²) in [4.78, 5) is 0. The molecule has 0 aromatic heterocycles. The minimum absolute atomic E-state index is 0.328. The fourth-order valence-corrected chi connectivity index (χ4v) is 2.69. The number of rotatable bonds is 4. The second-order valence-electron chi connectivity index (χ2n) is 5.24. The van der Waals surface area contributed by atoms with Gasteiger partial charge in [-0.2, -0.15) is 0 Å². The maximum absolute atomic E-state index is 5.71. The molecule has 108 valence electrons. The molecule has 1 heterocycles. The van der Waals surface area contributed by atoms with Crippen molar-refractivity contribution in [3.05, 3.63) is 41.6 Å². The Morgan fingerprint density at radius 1 is 1.20 bits per heavy atom. The fraction of sp³-hybridized carbons (Fsp3) is 0.500. The van der Waals surface area contributed by atoms with Crippen LogP contribution in [0.5, 0.6) is 5.75 Å². The molecule has 0 bridgehead atoms. The van der Waals surface area contributed by atoms with Crippen LogP contribution in [0, 0.1) is 0 Å². The molecule has 1 spiro atoms. The SMILES string of the molecule is COc1ccc(CNC2=CCC3(CC2)OCCO3)cc1. The van der Waals surface area contributed by atoms with Crippen LogP contribution in [0.4, 0.5) is 0 Å². The highest BCUT2D eigenvalue weighted by molar-refractivity contribution is 5.27. The second kappa shape index (κ2) is 5.85. The van der Waals surface area contributed by atoms with E-state index in [1.165, 1.54) is 11.3 Å². The van der Waals surface area contributed by atoms with Gasteiger partial charge in [-0.25, -0.2) is 0 Å². The molecule has 0 amide bonds. The van der Waals surface area contributed by atoms with Gasteiger partial charge in [-0.05, 0) is 24.1 Å². The lowest BCUT2D eigenvalue weighted by molar-refractivity contribution is -0.161. The summed E-state index contributed by atoms with van der Waals surface area (Å²) in [6.07, 6.45) is 4.97. The third kappa shape index (κ3) is 2.97. The van der Waals surface area contributed by atoms with Gasteiger partial charge in [-0.3, -0.25) is 0 Å². The van der Waals surface area contributed by atoms with E-state index in [4.69, 9.17) is 14.2 Å². The van der Waals surface area contributed by atoms with Gasteiger partial charge in [-0.15, -0.1) is 0 Å². The van der Waals surface area contributed by atoms with Gasteiger partial charge in [-0.1, -0.05) is 18.2 Å². The van der Waals surface area contributed by atoms with Gasteiger partial charge in [0.1, 0.15) is 5.75 Å². The fourth-order valence-electron chi connectivity index (χ4n) is 2.69. The number of benzene rings is 1. The van der Waals surface area contributed by atoms with E-state index in [9.17, 15) is 0 Å². The highest BCUT2D eigenvalue weighted by Crippen LogP contribution is 2.34. The van der Waals surface area contributed by atoms with Gasteiger partial charge in [0, 0.05) is 25.1 Å². The third-order valence-electron chi connectivity index (χ3n) is 3.93. The van der Waals surface area contributed by atoms with E-state index >= 15 is 0 Å². The van der Waals surface area contributed by atoms with E-state index in [2.05, 4.69) is 23.5 Å². The molecule has 0 unspecified atom stereocenters. The summed E-state index contributed by atoms with van der Waals surface area (Å²) in [6.45, 7) is 2.29. The van der Waals surface area contributed by atoms with Crippen LogP contribution in [0.25, 0.3) is 0 Å². The first kappa shape index (κ1) is 13.5. The van der Waals surface area contributed by atoms with Crippen molar-refractivity contribution in [2.75, 3.05) is 20.3 Å². The molecule has 1 saturated heterocycles. The van der Waals surface area contributed by atoms with Crippen LogP contribution >= 0.6 is 0 Å². The number of allylic oxidation sites excluding steroid dienone is 1. The van der Waals surface area contributed by atoms with E-state index in [0.717, 1.165) is 44.8 Å². The Hall–Kier alpha value is -1.52. The Kier molecular flexibility index (Phi) is 3.94. The largest absolute Gasteiger partial charge is 0.497 e. The number of methoxy groups -OCH3 is 1. The molecular weight excluding hydrogens is 254 g/mol. The van der Waals surface area contributed by atoms with Gasteiger partial charge in [0.2, 0.25) is 0 Å². The molecule has 0 atom stereocenters.